The molecule has 2 N–H and O–H groups in total. The predicted octanol–water partition coefficient (Wildman–Crippen LogP) is 0.903. The number of aliphatic carboxylic acids is 1. The number of carboxylic acids is 1. The van der Waals surface area contributed by atoms with Crippen LogP contribution in [0.15, 0.2) is 18.5 Å². The van der Waals surface area contributed by atoms with Crippen LogP contribution in [0.1, 0.15) is 24.4 Å². The molecule has 1 atom stereocenters. The van der Waals surface area contributed by atoms with Gasteiger partial charge in [-0.1, -0.05) is 0 Å². The SMILES string of the molecule is Cn1ccc(C(NC2CC2)C(=O)O)c1. The fourth-order valence-electron chi connectivity index (χ4n) is 1.49. The van der Waals surface area contributed by atoms with Gasteiger partial charge in [0, 0.05) is 25.5 Å². The van der Waals surface area contributed by atoms with Crippen molar-refractivity contribution in [3.63, 3.8) is 0 Å². The summed E-state index contributed by atoms with van der Waals surface area (Å²) >= 11 is 0. The molecule has 1 saturated carbocycles. The van der Waals surface area contributed by atoms with Crippen LogP contribution < -0.4 is 5.32 Å². The van der Waals surface area contributed by atoms with Crippen LogP contribution in [0.5, 0.6) is 0 Å². The maximum atomic E-state index is 11.0. The highest BCUT2D eigenvalue weighted by Crippen LogP contribution is 2.24. The van der Waals surface area contributed by atoms with Crippen molar-refractivity contribution in [1.29, 1.82) is 0 Å². The minimum atomic E-state index is -0.803. The first-order chi connectivity index (χ1) is 6.66. The molecule has 1 aromatic rings. The minimum Gasteiger partial charge on any atom is -0.480 e. The second kappa shape index (κ2) is 3.46. The van der Waals surface area contributed by atoms with Crippen molar-refractivity contribution in [2.75, 3.05) is 0 Å². The monoisotopic (exact) mass is 194 g/mol. The fourth-order valence-corrected chi connectivity index (χ4v) is 1.49. The van der Waals surface area contributed by atoms with Crippen LogP contribution in [0.3, 0.4) is 0 Å². The number of carboxylic acid groups (broad SMARTS) is 1. The van der Waals surface area contributed by atoms with E-state index in [1.54, 1.807) is 0 Å². The van der Waals surface area contributed by atoms with Gasteiger partial charge in [-0.2, -0.15) is 0 Å². The summed E-state index contributed by atoms with van der Waals surface area (Å²) in [5, 5.41) is 12.1. The number of nitrogens with one attached hydrogen (secondary N) is 1. The smallest absolute Gasteiger partial charge is 0.325 e. The summed E-state index contributed by atoms with van der Waals surface area (Å²) in [5.41, 5.74) is 0.826. The van der Waals surface area contributed by atoms with Gasteiger partial charge in [-0.25, -0.2) is 0 Å². The van der Waals surface area contributed by atoms with E-state index in [-0.39, 0.29) is 0 Å². The van der Waals surface area contributed by atoms with E-state index in [0.29, 0.717) is 6.04 Å². The van der Waals surface area contributed by atoms with Gasteiger partial charge >= 0.3 is 5.97 Å². The Hall–Kier alpha value is -1.29. The van der Waals surface area contributed by atoms with E-state index in [9.17, 15) is 4.79 Å². The van der Waals surface area contributed by atoms with Crippen molar-refractivity contribution < 1.29 is 9.90 Å². The molecule has 4 heteroatoms. The number of nitrogens with zero attached hydrogens (tertiary/aromatic N) is 1. The molecule has 0 aliphatic heterocycles. The molecule has 1 unspecified atom stereocenters. The Morgan fingerprint density at radius 1 is 1.71 bits per heavy atom. The molecule has 0 saturated heterocycles. The zero-order valence-electron chi connectivity index (χ0n) is 8.10. The van der Waals surface area contributed by atoms with Gasteiger partial charge in [0.25, 0.3) is 0 Å². The third-order valence-electron chi connectivity index (χ3n) is 2.41. The molecule has 14 heavy (non-hydrogen) atoms. The van der Waals surface area contributed by atoms with Crippen molar-refractivity contribution in [2.45, 2.75) is 24.9 Å². The molecule has 1 fully saturated rings. The first-order valence-corrected chi connectivity index (χ1v) is 4.77. The van der Waals surface area contributed by atoms with Crippen molar-refractivity contribution in [3.05, 3.63) is 24.0 Å². The maximum absolute atomic E-state index is 11.0. The molecule has 76 valence electrons. The van der Waals surface area contributed by atoms with Crippen LogP contribution in [-0.4, -0.2) is 21.7 Å². The van der Waals surface area contributed by atoms with Gasteiger partial charge in [-0.05, 0) is 24.5 Å². The van der Waals surface area contributed by atoms with Crippen LogP contribution in [0.4, 0.5) is 0 Å². The highest BCUT2D eigenvalue weighted by Gasteiger charge is 2.29. The lowest BCUT2D eigenvalue weighted by atomic mass is 10.1. The van der Waals surface area contributed by atoms with Crippen molar-refractivity contribution >= 4 is 5.97 Å². The lowest BCUT2D eigenvalue weighted by Crippen LogP contribution is -2.29. The molecule has 0 bridgehead atoms. The van der Waals surface area contributed by atoms with Gasteiger partial charge in [0.2, 0.25) is 0 Å². The van der Waals surface area contributed by atoms with E-state index < -0.39 is 12.0 Å². The zero-order valence-corrected chi connectivity index (χ0v) is 8.10. The molecular weight excluding hydrogens is 180 g/mol. The van der Waals surface area contributed by atoms with E-state index in [4.69, 9.17) is 5.11 Å². The quantitative estimate of drug-likeness (QED) is 0.748. The standard InChI is InChI=1S/C10H14N2O2/c1-12-5-4-7(6-12)9(10(13)14)11-8-2-3-8/h4-6,8-9,11H,2-3H2,1H3,(H,13,14). The highest BCUT2D eigenvalue weighted by atomic mass is 16.4. The van der Waals surface area contributed by atoms with Gasteiger partial charge in [-0.15, -0.1) is 0 Å². The lowest BCUT2D eigenvalue weighted by molar-refractivity contribution is -0.139. The number of aryl methyl sites for hydroxylation is 1. The van der Waals surface area contributed by atoms with E-state index in [2.05, 4.69) is 5.32 Å². The first-order valence-electron chi connectivity index (χ1n) is 4.77. The van der Waals surface area contributed by atoms with Crippen LogP contribution in [-0.2, 0) is 11.8 Å². The van der Waals surface area contributed by atoms with Gasteiger partial charge in [0.1, 0.15) is 6.04 Å². The predicted molar refractivity (Wildman–Crippen MR) is 51.9 cm³/mol. The summed E-state index contributed by atoms with van der Waals surface area (Å²) in [4.78, 5) is 11.0. The number of hydrogen-bond donors (Lipinski definition) is 2. The minimum absolute atomic E-state index is 0.399. The van der Waals surface area contributed by atoms with Gasteiger partial charge in [0.15, 0.2) is 0 Å². The largest absolute Gasteiger partial charge is 0.480 e. The van der Waals surface area contributed by atoms with Gasteiger partial charge < -0.3 is 9.67 Å². The van der Waals surface area contributed by atoms with Crippen LogP contribution in [0, 0.1) is 0 Å². The van der Waals surface area contributed by atoms with Crippen LogP contribution >= 0.6 is 0 Å². The molecule has 1 heterocycles. The first kappa shape index (κ1) is 9.27. The molecule has 1 aliphatic rings. The molecule has 1 aromatic heterocycles. The highest BCUT2D eigenvalue weighted by molar-refractivity contribution is 5.75. The van der Waals surface area contributed by atoms with E-state index in [1.807, 2.05) is 30.1 Å². The molecule has 0 radical (unpaired) electrons. The summed E-state index contributed by atoms with van der Waals surface area (Å²) in [6.07, 6.45) is 5.89. The number of aromatic nitrogens is 1. The third kappa shape index (κ3) is 1.96. The van der Waals surface area contributed by atoms with E-state index in [1.165, 1.54) is 0 Å². The molecular formula is C10H14N2O2. The van der Waals surface area contributed by atoms with Gasteiger partial charge in [-0.3, -0.25) is 10.1 Å². The Morgan fingerprint density at radius 2 is 2.43 bits per heavy atom. The Balaban J connectivity index is 2.12. The third-order valence-corrected chi connectivity index (χ3v) is 2.41. The average Bonchev–Trinajstić information content (AvgIpc) is 2.84. The Morgan fingerprint density at radius 3 is 2.86 bits per heavy atom. The topological polar surface area (TPSA) is 54.3 Å². The molecule has 0 spiro atoms. The summed E-state index contributed by atoms with van der Waals surface area (Å²) < 4.78 is 1.86. The van der Waals surface area contributed by atoms with Crippen LogP contribution in [0.25, 0.3) is 0 Å². The fraction of sp³-hybridized carbons (Fsp3) is 0.500. The molecule has 2 rings (SSSR count). The number of rotatable bonds is 4. The summed E-state index contributed by atoms with van der Waals surface area (Å²) in [6, 6.07) is 1.69. The molecule has 0 amide bonds. The Labute approximate surface area is 82.5 Å². The van der Waals surface area contributed by atoms with E-state index in [0.717, 1.165) is 18.4 Å². The van der Waals surface area contributed by atoms with Crippen LogP contribution in [0.2, 0.25) is 0 Å². The number of carbonyl (C=O) groups is 1. The molecule has 4 nitrogen and oxygen atoms in total. The van der Waals surface area contributed by atoms with Crippen molar-refractivity contribution in [2.24, 2.45) is 7.05 Å². The average molecular weight is 194 g/mol. The molecule has 0 aromatic carbocycles. The second-order valence-electron chi connectivity index (χ2n) is 3.82. The zero-order chi connectivity index (χ0) is 10.1. The lowest BCUT2D eigenvalue weighted by Gasteiger charge is -2.11. The van der Waals surface area contributed by atoms with Crippen molar-refractivity contribution in [1.82, 2.24) is 9.88 Å². The number of hydrogen-bond acceptors (Lipinski definition) is 2. The summed E-state index contributed by atoms with van der Waals surface area (Å²) in [7, 11) is 1.89. The summed E-state index contributed by atoms with van der Waals surface area (Å²) in [6.45, 7) is 0. The van der Waals surface area contributed by atoms with Crippen molar-refractivity contribution in [3.8, 4) is 0 Å². The summed E-state index contributed by atoms with van der Waals surface area (Å²) in [5.74, 6) is -0.803. The Bertz CT molecular complexity index is 342. The van der Waals surface area contributed by atoms with E-state index >= 15 is 0 Å². The Kier molecular flexibility index (Phi) is 2.29. The van der Waals surface area contributed by atoms with Gasteiger partial charge in [0.05, 0.1) is 0 Å². The molecule has 1 aliphatic carbocycles. The maximum Gasteiger partial charge on any atom is 0.325 e. The second-order valence-corrected chi connectivity index (χ2v) is 3.82. The normalized spacial score (nSPS) is 18.1.